The van der Waals surface area contributed by atoms with Crippen LogP contribution in [0.1, 0.15) is 22.1 Å². The zero-order valence-corrected chi connectivity index (χ0v) is 10.6. The van der Waals surface area contributed by atoms with Gasteiger partial charge in [-0.05, 0) is 5.56 Å². The van der Waals surface area contributed by atoms with Crippen molar-refractivity contribution in [2.24, 2.45) is 5.73 Å². The van der Waals surface area contributed by atoms with Gasteiger partial charge in [-0.25, -0.2) is 0 Å². The number of rotatable bonds is 4. The summed E-state index contributed by atoms with van der Waals surface area (Å²) in [7, 11) is 0. The number of amides is 2. The van der Waals surface area contributed by atoms with Crippen LogP contribution in [0, 0.1) is 0 Å². The van der Waals surface area contributed by atoms with E-state index in [9.17, 15) is 14.4 Å². The van der Waals surface area contributed by atoms with Crippen LogP contribution >= 0.6 is 11.3 Å². The fourth-order valence-electron chi connectivity index (χ4n) is 1.56. The molecule has 0 aliphatic heterocycles. The molecule has 2 aromatic rings. The largest absolute Gasteiger partial charge is 0.368 e. The minimum Gasteiger partial charge on any atom is -0.368 e. The van der Waals surface area contributed by atoms with Crippen LogP contribution < -0.4 is 15.9 Å². The van der Waals surface area contributed by atoms with E-state index < -0.39 is 17.9 Å². The number of aromatic nitrogens is 1. The van der Waals surface area contributed by atoms with Gasteiger partial charge in [0, 0.05) is 5.38 Å². The van der Waals surface area contributed by atoms with E-state index in [0.717, 1.165) is 11.3 Å². The Morgan fingerprint density at radius 1 is 1.26 bits per heavy atom. The topological polar surface area (TPSA) is 105 Å². The average Bonchev–Trinajstić information content (AvgIpc) is 2.83. The van der Waals surface area contributed by atoms with E-state index in [1.807, 2.05) is 0 Å². The minimum absolute atomic E-state index is 0.109. The van der Waals surface area contributed by atoms with Crippen molar-refractivity contribution in [2.45, 2.75) is 6.04 Å². The van der Waals surface area contributed by atoms with Crippen LogP contribution in [0.4, 0.5) is 0 Å². The molecule has 6 nitrogen and oxygen atoms in total. The Kier molecular flexibility index (Phi) is 3.76. The van der Waals surface area contributed by atoms with Crippen molar-refractivity contribution in [3.63, 3.8) is 0 Å². The Morgan fingerprint density at radius 3 is 2.47 bits per heavy atom. The van der Waals surface area contributed by atoms with Crippen LogP contribution in [0.5, 0.6) is 0 Å². The molecule has 2 amide bonds. The third-order valence-electron chi connectivity index (χ3n) is 2.46. The molecule has 0 saturated heterocycles. The molecular formula is C12H11N3O3S. The Hall–Kier alpha value is -2.41. The van der Waals surface area contributed by atoms with Crippen molar-refractivity contribution >= 4 is 23.2 Å². The highest BCUT2D eigenvalue weighted by Crippen LogP contribution is 2.12. The van der Waals surface area contributed by atoms with Gasteiger partial charge >= 0.3 is 4.87 Å². The lowest BCUT2D eigenvalue weighted by Crippen LogP contribution is -2.37. The van der Waals surface area contributed by atoms with Crippen molar-refractivity contribution in [2.75, 3.05) is 0 Å². The number of nitrogens with one attached hydrogen (secondary N) is 2. The van der Waals surface area contributed by atoms with Crippen molar-refractivity contribution in [1.29, 1.82) is 0 Å². The van der Waals surface area contributed by atoms with Gasteiger partial charge in [-0.3, -0.25) is 14.4 Å². The van der Waals surface area contributed by atoms with E-state index in [4.69, 9.17) is 5.73 Å². The normalized spacial score (nSPS) is 11.8. The molecule has 0 aliphatic rings. The van der Waals surface area contributed by atoms with Crippen molar-refractivity contribution in [1.82, 2.24) is 10.3 Å². The van der Waals surface area contributed by atoms with Crippen molar-refractivity contribution in [3.8, 4) is 0 Å². The number of carbonyl (C=O) groups is 2. The standard InChI is InChI=1S/C12H11N3O3S/c13-10(16)9(7-4-2-1-3-5-7)15-11(17)8-6-19-12(18)14-8/h1-6,9H,(H2,13,16)(H,14,18)(H,15,17). The summed E-state index contributed by atoms with van der Waals surface area (Å²) >= 11 is 0.876. The first-order valence-electron chi connectivity index (χ1n) is 5.41. The lowest BCUT2D eigenvalue weighted by molar-refractivity contribution is -0.120. The van der Waals surface area contributed by atoms with Gasteiger partial charge in [0.25, 0.3) is 5.91 Å². The van der Waals surface area contributed by atoms with E-state index >= 15 is 0 Å². The van der Waals surface area contributed by atoms with Gasteiger partial charge in [-0.2, -0.15) is 0 Å². The monoisotopic (exact) mass is 277 g/mol. The molecule has 1 aromatic carbocycles. The predicted molar refractivity (Wildman–Crippen MR) is 70.8 cm³/mol. The minimum atomic E-state index is -0.933. The molecule has 1 aromatic heterocycles. The molecule has 2 rings (SSSR count). The van der Waals surface area contributed by atoms with Crippen molar-refractivity contribution in [3.05, 3.63) is 56.6 Å². The summed E-state index contributed by atoms with van der Waals surface area (Å²) in [4.78, 5) is 36.3. The fraction of sp³-hybridized carbons (Fsp3) is 0.0833. The number of H-pyrrole nitrogens is 1. The van der Waals surface area contributed by atoms with Crippen LogP contribution in [-0.2, 0) is 4.79 Å². The maximum absolute atomic E-state index is 11.9. The SMILES string of the molecule is NC(=O)C(NC(=O)c1csc(=O)[nH]1)c1ccccc1. The second-order valence-electron chi connectivity index (χ2n) is 3.78. The fourth-order valence-corrected chi connectivity index (χ4v) is 2.12. The highest BCUT2D eigenvalue weighted by Gasteiger charge is 2.21. The number of nitrogens with two attached hydrogens (primary N) is 1. The molecule has 1 unspecified atom stereocenters. The lowest BCUT2D eigenvalue weighted by Gasteiger charge is -2.15. The molecule has 0 aliphatic carbocycles. The third-order valence-corrected chi connectivity index (χ3v) is 3.13. The molecule has 7 heteroatoms. The first-order valence-corrected chi connectivity index (χ1v) is 6.29. The number of hydrogen-bond acceptors (Lipinski definition) is 4. The van der Waals surface area contributed by atoms with E-state index in [2.05, 4.69) is 10.3 Å². The Morgan fingerprint density at radius 2 is 1.95 bits per heavy atom. The quantitative estimate of drug-likeness (QED) is 0.753. The summed E-state index contributed by atoms with van der Waals surface area (Å²) in [6.07, 6.45) is 0. The van der Waals surface area contributed by atoms with Crippen LogP contribution in [-0.4, -0.2) is 16.8 Å². The zero-order valence-electron chi connectivity index (χ0n) is 9.75. The number of carbonyl (C=O) groups excluding carboxylic acids is 2. The molecule has 0 spiro atoms. The maximum Gasteiger partial charge on any atom is 0.305 e. The van der Waals surface area contributed by atoms with E-state index in [1.54, 1.807) is 30.3 Å². The molecule has 4 N–H and O–H groups in total. The van der Waals surface area contributed by atoms with Crippen molar-refractivity contribution < 1.29 is 9.59 Å². The summed E-state index contributed by atoms with van der Waals surface area (Å²) in [5, 5.41) is 3.88. The summed E-state index contributed by atoms with van der Waals surface area (Å²) in [6, 6.07) is 7.71. The molecule has 0 radical (unpaired) electrons. The molecule has 0 bridgehead atoms. The molecule has 1 atom stereocenters. The first kappa shape index (κ1) is 13.0. The molecule has 0 saturated carbocycles. The van der Waals surface area contributed by atoms with Crippen LogP contribution in [0.2, 0.25) is 0 Å². The van der Waals surface area contributed by atoms with E-state index in [-0.39, 0.29) is 10.6 Å². The lowest BCUT2D eigenvalue weighted by atomic mass is 10.1. The summed E-state index contributed by atoms with van der Waals surface area (Å²) in [5.41, 5.74) is 5.97. The van der Waals surface area contributed by atoms with Gasteiger partial charge in [-0.15, -0.1) is 0 Å². The second kappa shape index (κ2) is 5.49. The second-order valence-corrected chi connectivity index (χ2v) is 4.62. The Balaban J connectivity index is 2.21. The van der Waals surface area contributed by atoms with Gasteiger partial charge in [0.1, 0.15) is 11.7 Å². The smallest absolute Gasteiger partial charge is 0.305 e. The van der Waals surface area contributed by atoms with Crippen LogP contribution in [0.25, 0.3) is 0 Å². The highest BCUT2D eigenvalue weighted by molar-refractivity contribution is 7.07. The molecule has 0 fully saturated rings. The number of thiazole rings is 1. The number of hydrogen-bond donors (Lipinski definition) is 3. The zero-order chi connectivity index (χ0) is 13.8. The number of benzene rings is 1. The highest BCUT2D eigenvalue weighted by atomic mass is 32.1. The van der Waals surface area contributed by atoms with Gasteiger partial charge in [0.2, 0.25) is 5.91 Å². The van der Waals surface area contributed by atoms with E-state index in [0.29, 0.717) is 5.56 Å². The summed E-state index contributed by atoms with van der Waals surface area (Å²) in [6.45, 7) is 0. The number of primary amides is 1. The Labute approximate surface area is 112 Å². The first-order chi connectivity index (χ1) is 9.08. The Bertz CT molecular complexity index is 647. The molecule has 1 heterocycles. The van der Waals surface area contributed by atoms with Gasteiger partial charge in [0.05, 0.1) is 0 Å². The van der Waals surface area contributed by atoms with Crippen LogP contribution in [0.15, 0.2) is 40.5 Å². The van der Waals surface area contributed by atoms with Crippen LogP contribution in [0.3, 0.4) is 0 Å². The summed E-state index contributed by atoms with van der Waals surface area (Å²) in [5.74, 6) is -1.22. The molecular weight excluding hydrogens is 266 g/mol. The summed E-state index contributed by atoms with van der Waals surface area (Å²) < 4.78 is 0. The predicted octanol–water partition coefficient (Wildman–Crippen LogP) is 0.393. The molecule has 19 heavy (non-hydrogen) atoms. The van der Waals surface area contributed by atoms with E-state index in [1.165, 1.54) is 5.38 Å². The third kappa shape index (κ3) is 3.08. The van der Waals surface area contributed by atoms with Gasteiger partial charge < -0.3 is 16.0 Å². The van der Waals surface area contributed by atoms with Gasteiger partial charge in [0.15, 0.2) is 0 Å². The maximum atomic E-state index is 11.9. The average molecular weight is 277 g/mol. The van der Waals surface area contributed by atoms with Gasteiger partial charge in [-0.1, -0.05) is 41.7 Å². The number of aromatic amines is 1. The molecule has 98 valence electrons.